The molecule has 1 aliphatic heterocycles. The maximum atomic E-state index is 13.0. The Hall–Kier alpha value is -0.510. The minimum Gasteiger partial charge on any atom is -0.281 e. The molecule has 1 heterocycles. The van der Waals surface area contributed by atoms with Gasteiger partial charge in [-0.1, -0.05) is 83.5 Å². The van der Waals surface area contributed by atoms with Gasteiger partial charge in [0.15, 0.2) is 0 Å². The largest absolute Gasteiger partial charge is 0.281 e. The maximum absolute atomic E-state index is 13.0. The zero-order valence-electron chi connectivity index (χ0n) is 18.5. The molecule has 3 aliphatic rings. The Kier molecular flexibility index (Phi) is 10.4. The van der Waals surface area contributed by atoms with E-state index in [-0.39, 0.29) is 17.1 Å². The van der Waals surface area contributed by atoms with Crippen LogP contribution in [0.1, 0.15) is 116 Å². The summed E-state index contributed by atoms with van der Waals surface area (Å²) in [4.78, 5) is 27.3. The molecule has 0 N–H and O–H groups in total. The van der Waals surface area contributed by atoms with E-state index in [2.05, 4.69) is 0 Å². The predicted octanol–water partition coefficient (Wildman–Crippen LogP) is 6.74. The van der Waals surface area contributed by atoms with Crippen LogP contribution in [0.15, 0.2) is 0 Å². The second-order valence-electron chi connectivity index (χ2n) is 9.85. The molecule has 2 saturated carbocycles. The first-order chi connectivity index (χ1) is 14.2. The van der Waals surface area contributed by atoms with Crippen LogP contribution in [0.5, 0.6) is 0 Å². The van der Waals surface area contributed by atoms with Gasteiger partial charge in [0.25, 0.3) is 0 Å². The van der Waals surface area contributed by atoms with E-state index in [1.165, 1.54) is 109 Å². The normalized spacial score (nSPS) is 27.4. The molecule has 1 saturated heterocycles. The van der Waals surface area contributed by atoms with Crippen LogP contribution in [0.2, 0.25) is 0 Å². The number of hydrogen-bond donors (Lipinski definition) is 0. The Morgan fingerprint density at radius 2 is 1.10 bits per heavy atom. The summed E-state index contributed by atoms with van der Waals surface area (Å²) in [5.74, 6) is 2.56. The summed E-state index contributed by atoms with van der Waals surface area (Å²) in [6.45, 7) is 0.693. The minimum absolute atomic E-state index is 0.0957. The van der Waals surface area contributed by atoms with Gasteiger partial charge in [-0.05, 0) is 43.3 Å². The minimum atomic E-state index is -0.103. The number of imide groups is 1. The number of nitrogens with zero attached hydrogens (tertiary/aromatic N) is 1. The third-order valence-corrected chi connectivity index (χ3v) is 8.81. The summed E-state index contributed by atoms with van der Waals surface area (Å²) >= 11 is 1.80. The third kappa shape index (κ3) is 7.92. The van der Waals surface area contributed by atoms with Crippen molar-refractivity contribution < 1.29 is 9.59 Å². The zero-order valence-corrected chi connectivity index (χ0v) is 19.4. The number of likely N-dealkylation sites (tertiary alicyclic amines) is 1. The average Bonchev–Trinajstić information content (AvgIpc) is 3.06. The molecule has 2 aliphatic carbocycles. The Morgan fingerprint density at radius 3 is 1.62 bits per heavy atom. The average molecular weight is 422 g/mol. The van der Waals surface area contributed by atoms with Gasteiger partial charge in [0.05, 0.1) is 5.25 Å². The highest BCUT2D eigenvalue weighted by Crippen LogP contribution is 2.32. The summed E-state index contributed by atoms with van der Waals surface area (Å²) in [6, 6.07) is 0. The Bertz CT molecular complexity index is 489. The van der Waals surface area contributed by atoms with E-state index < -0.39 is 0 Å². The number of rotatable bonds is 5. The van der Waals surface area contributed by atoms with Crippen LogP contribution in [0, 0.1) is 11.8 Å². The molecule has 0 spiro atoms. The van der Waals surface area contributed by atoms with Gasteiger partial charge in [0.2, 0.25) is 11.8 Å². The van der Waals surface area contributed by atoms with Gasteiger partial charge < -0.3 is 0 Å². The maximum Gasteiger partial charge on any atom is 0.242 e. The van der Waals surface area contributed by atoms with E-state index in [0.29, 0.717) is 18.9 Å². The molecule has 29 heavy (non-hydrogen) atoms. The van der Waals surface area contributed by atoms with Crippen molar-refractivity contribution >= 4 is 23.6 Å². The van der Waals surface area contributed by atoms with Crippen LogP contribution in [0.4, 0.5) is 0 Å². The van der Waals surface area contributed by atoms with E-state index in [1.54, 1.807) is 16.7 Å². The quantitative estimate of drug-likeness (QED) is 0.461. The number of amides is 2. The summed E-state index contributed by atoms with van der Waals surface area (Å²) in [7, 11) is 0. The summed E-state index contributed by atoms with van der Waals surface area (Å²) < 4.78 is 0. The molecule has 1 unspecified atom stereocenters. The van der Waals surface area contributed by atoms with Gasteiger partial charge in [-0.15, -0.1) is 11.8 Å². The molecule has 166 valence electrons. The predicted molar refractivity (Wildman–Crippen MR) is 123 cm³/mol. The highest BCUT2D eigenvalue weighted by Gasteiger charge is 2.39. The molecule has 0 bridgehead atoms. The van der Waals surface area contributed by atoms with Crippen molar-refractivity contribution in [1.29, 1.82) is 0 Å². The molecule has 3 nitrogen and oxygen atoms in total. The SMILES string of the molecule is O=C1CC(SCC2CCCCCCCCC2)C(=O)N1CC1CCCCCCCC1. The molecule has 1 atom stereocenters. The van der Waals surface area contributed by atoms with Crippen molar-refractivity contribution in [2.75, 3.05) is 12.3 Å². The van der Waals surface area contributed by atoms with Gasteiger partial charge in [-0.25, -0.2) is 0 Å². The molecule has 0 aromatic heterocycles. The van der Waals surface area contributed by atoms with E-state index in [0.717, 1.165) is 11.7 Å². The van der Waals surface area contributed by atoms with E-state index in [1.807, 2.05) is 0 Å². The number of hydrogen-bond acceptors (Lipinski definition) is 3. The van der Waals surface area contributed by atoms with Crippen LogP contribution in [-0.4, -0.2) is 34.3 Å². The van der Waals surface area contributed by atoms with Crippen molar-refractivity contribution in [3.63, 3.8) is 0 Å². The lowest BCUT2D eigenvalue weighted by molar-refractivity contribution is -0.139. The van der Waals surface area contributed by atoms with Crippen molar-refractivity contribution in [2.24, 2.45) is 11.8 Å². The van der Waals surface area contributed by atoms with Crippen LogP contribution in [-0.2, 0) is 9.59 Å². The van der Waals surface area contributed by atoms with Gasteiger partial charge in [-0.2, -0.15) is 0 Å². The number of carbonyl (C=O) groups excluding carboxylic acids is 2. The summed E-state index contributed by atoms with van der Waals surface area (Å²) in [6.07, 6.45) is 23.0. The molecule has 0 aromatic carbocycles. The fraction of sp³-hybridized carbons (Fsp3) is 0.920. The standard InChI is InChI=1S/C25H43NO2S/c27-24-18-23(29-20-22-16-12-8-2-1-3-9-13-17-22)25(28)26(24)19-21-14-10-6-4-5-7-11-15-21/h21-23H,1-20H2. The first-order valence-electron chi connectivity index (χ1n) is 12.7. The van der Waals surface area contributed by atoms with Crippen molar-refractivity contribution in [2.45, 2.75) is 121 Å². The van der Waals surface area contributed by atoms with Gasteiger partial charge >= 0.3 is 0 Å². The third-order valence-electron chi connectivity index (χ3n) is 7.38. The van der Waals surface area contributed by atoms with E-state index in [4.69, 9.17) is 0 Å². The van der Waals surface area contributed by atoms with Crippen molar-refractivity contribution in [3.8, 4) is 0 Å². The Labute approximate surface area is 183 Å². The lowest BCUT2D eigenvalue weighted by Gasteiger charge is -2.23. The zero-order chi connectivity index (χ0) is 20.3. The first kappa shape index (κ1) is 23.2. The number of carbonyl (C=O) groups is 2. The molecular weight excluding hydrogens is 378 g/mol. The molecule has 4 heteroatoms. The molecule has 3 rings (SSSR count). The monoisotopic (exact) mass is 421 g/mol. The first-order valence-corrected chi connectivity index (χ1v) is 13.7. The lowest BCUT2D eigenvalue weighted by Crippen LogP contribution is -2.36. The second-order valence-corrected chi connectivity index (χ2v) is 11.1. The molecule has 3 fully saturated rings. The highest BCUT2D eigenvalue weighted by atomic mass is 32.2. The molecular formula is C25H43NO2S. The van der Waals surface area contributed by atoms with Crippen LogP contribution < -0.4 is 0 Å². The van der Waals surface area contributed by atoms with Crippen LogP contribution in [0.3, 0.4) is 0 Å². The summed E-state index contributed by atoms with van der Waals surface area (Å²) in [5, 5.41) is -0.103. The van der Waals surface area contributed by atoms with Gasteiger partial charge in [0.1, 0.15) is 0 Å². The van der Waals surface area contributed by atoms with Crippen molar-refractivity contribution in [3.05, 3.63) is 0 Å². The van der Waals surface area contributed by atoms with Crippen LogP contribution in [0.25, 0.3) is 0 Å². The van der Waals surface area contributed by atoms with E-state index >= 15 is 0 Å². The fourth-order valence-electron chi connectivity index (χ4n) is 5.45. The lowest BCUT2D eigenvalue weighted by atomic mass is 9.94. The van der Waals surface area contributed by atoms with E-state index in [9.17, 15) is 9.59 Å². The molecule has 0 aromatic rings. The molecule has 2 amide bonds. The highest BCUT2D eigenvalue weighted by molar-refractivity contribution is 8.00. The van der Waals surface area contributed by atoms with Gasteiger partial charge in [0, 0.05) is 13.0 Å². The molecule has 0 radical (unpaired) electrons. The number of thioether (sulfide) groups is 1. The Morgan fingerprint density at radius 1 is 0.655 bits per heavy atom. The fourth-order valence-corrected chi connectivity index (χ4v) is 6.81. The Balaban J connectivity index is 1.45. The topological polar surface area (TPSA) is 37.4 Å². The van der Waals surface area contributed by atoms with Crippen molar-refractivity contribution in [1.82, 2.24) is 4.90 Å². The smallest absolute Gasteiger partial charge is 0.242 e. The summed E-state index contributed by atoms with van der Waals surface area (Å²) in [5.41, 5.74) is 0. The van der Waals surface area contributed by atoms with Gasteiger partial charge in [-0.3, -0.25) is 14.5 Å². The van der Waals surface area contributed by atoms with Crippen LogP contribution >= 0.6 is 11.8 Å². The second kappa shape index (κ2) is 13.0.